The van der Waals surface area contributed by atoms with Crippen LogP contribution in [0.2, 0.25) is 5.02 Å². The molecule has 0 saturated heterocycles. The molecule has 8 heteroatoms. The summed E-state index contributed by atoms with van der Waals surface area (Å²) in [5.41, 5.74) is 4.10. The van der Waals surface area contributed by atoms with Gasteiger partial charge in [0.1, 0.15) is 0 Å². The summed E-state index contributed by atoms with van der Waals surface area (Å²) in [6, 6.07) is 12.2. The van der Waals surface area contributed by atoms with Crippen LogP contribution in [0.3, 0.4) is 0 Å². The van der Waals surface area contributed by atoms with Crippen LogP contribution in [0.1, 0.15) is 43.0 Å². The van der Waals surface area contributed by atoms with Gasteiger partial charge in [0.05, 0.1) is 10.6 Å². The normalized spacial score (nSPS) is 18.6. The lowest BCUT2D eigenvalue weighted by Crippen LogP contribution is -2.24. The van der Waals surface area contributed by atoms with Crippen LogP contribution in [0.5, 0.6) is 0 Å². The number of nitrogens with one attached hydrogen (secondary N) is 2. The van der Waals surface area contributed by atoms with E-state index in [1.54, 1.807) is 24.3 Å². The molecule has 0 aromatic heterocycles. The highest BCUT2D eigenvalue weighted by Crippen LogP contribution is 2.22. The van der Waals surface area contributed by atoms with Crippen LogP contribution in [-0.2, 0) is 10.0 Å². The van der Waals surface area contributed by atoms with E-state index in [-0.39, 0.29) is 10.5 Å². The molecule has 0 aliphatic heterocycles. The average Bonchev–Trinajstić information content (AvgIpc) is 2.67. The average molecular weight is 420 g/mol. The van der Waals surface area contributed by atoms with E-state index in [1.165, 1.54) is 30.7 Å². The van der Waals surface area contributed by atoms with E-state index in [0.29, 0.717) is 16.6 Å². The molecule has 6 nitrogen and oxygen atoms in total. The SMILES string of the molecule is C[C@H]1CCCC/C1=N/NC(=O)c1cccc(S(=O)(=O)Nc2cccc(Cl)c2)c1. The monoisotopic (exact) mass is 419 g/mol. The number of anilines is 1. The molecule has 1 atom stereocenters. The zero-order valence-electron chi connectivity index (χ0n) is 15.5. The van der Waals surface area contributed by atoms with E-state index in [4.69, 9.17) is 11.6 Å². The van der Waals surface area contributed by atoms with Crippen molar-refractivity contribution < 1.29 is 13.2 Å². The number of carbonyl (C=O) groups excluding carboxylic acids is 1. The molecule has 0 bridgehead atoms. The molecular weight excluding hydrogens is 398 g/mol. The van der Waals surface area contributed by atoms with Crippen LogP contribution in [0.4, 0.5) is 5.69 Å². The smallest absolute Gasteiger partial charge is 0.271 e. The summed E-state index contributed by atoms with van der Waals surface area (Å²) in [5.74, 6) is -0.0901. The minimum absolute atomic E-state index is 0.0150. The predicted molar refractivity (Wildman–Crippen MR) is 111 cm³/mol. The minimum Gasteiger partial charge on any atom is -0.280 e. The number of hydrogen-bond donors (Lipinski definition) is 2. The Morgan fingerprint density at radius 3 is 2.68 bits per heavy atom. The highest BCUT2D eigenvalue weighted by molar-refractivity contribution is 7.92. The van der Waals surface area contributed by atoms with Crippen LogP contribution in [-0.4, -0.2) is 20.0 Å². The Morgan fingerprint density at radius 1 is 1.14 bits per heavy atom. The van der Waals surface area contributed by atoms with Gasteiger partial charge >= 0.3 is 0 Å². The summed E-state index contributed by atoms with van der Waals surface area (Å²) in [4.78, 5) is 12.4. The lowest BCUT2D eigenvalue weighted by molar-refractivity contribution is 0.0954. The van der Waals surface area contributed by atoms with E-state index in [9.17, 15) is 13.2 Å². The summed E-state index contributed by atoms with van der Waals surface area (Å²) in [6.45, 7) is 2.10. The fraction of sp³-hybridized carbons (Fsp3) is 0.300. The lowest BCUT2D eigenvalue weighted by Gasteiger charge is -2.19. The zero-order chi connectivity index (χ0) is 20.1. The van der Waals surface area contributed by atoms with Crippen molar-refractivity contribution in [1.82, 2.24) is 5.43 Å². The molecule has 3 rings (SSSR count). The summed E-state index contributed by atoms with van der Waals surface area (Å²) >= 11 is 5.90. The third-order valence-corrected chi connectivity index (χ3v) is 6.29. The number of rotatable bonds is 5. The molecule has 0 radical (unpaired) electrons. The van der Waals surface area contributed by atoms with E-state index in [2.05, 4.69) is 22.2 Å². The molecule has 0 unspecified atom stereocenters. The topological polar surface area (TPSA) is 87.6 Å². The van der Waals surface area contributed by atoms with Crippen LogP contribution >= 0.6 is 11.6 Å². The quantitative estimate of drug-likeness (QED) is 0.702. The maximum atomic E-state index is 12.6. The van der Waals surface area contributed by atoms with Gasteiger partial charge in [-0.25, -0.2) is 13.8 Å². The van der Waals surface area contributed by atoms with Gasteiger partial charge in [-0.15, -0.1) is 0 Å². The standard InChI is InChI=1S/C20H22ClN3O3S/c1-14-6-2-3-11-19(14)22-23-20(25)15-7-4-10-18(12-15)28(26,27)24-17-9-5-8-16(21)13-17/h4-5,7-10,12-14,24H,2-3,6,11H2,1H3,(H,23,25)/b22-19-/t14-/m0/s1. The molecule has 1 aliphatic rings. The zero-order valence-corrected chi connectivity index (χ0v) is 17.1. The molecule has 1 aliphatic carbocycles. The van der Waals surface area contributed by atoms with Crippen molar-refractivity contribution in [2.24, 2.45) is 11.0 Å². The number of sulfonamides is 1. The Bertz CT molecular complexity index is 1010. The van der Waals surface area contributed by atoms with Gasteiger partial charge in [-0.05, 0) is 61.6 Å². The van der Waals surface area contributed by atoms with Gasteiger partial charge in [-0.2, -0.15) is 5.10 Å². The predicted octanol–water partition coefficient (Wildman–Crippen LogP) is 4.44. The third-order valence-electron chi connectivity index (χ3n) is 4.67. The van der Waals surface area contributed by atoms with Crippen LogP contribution in [0.25, 0.3) is 0 Å². The summed E-state index contributed by atoms with van der Waals surface area (Å²) in [5, 5.41) is 4.67. The Labute approximate surface area is 170 Å². The van der Waals surface area contributed by atoms with Gasteiger partial charge in [-0.1, -0.05) is 37.1 Å². The molecule has 1 fully saturated rings. The summed E-state index contributed by atoms with van der Waals surface area (Å²) in [7, 11) is -3.85. The first-order valence-electron chi connectivity index (χ1n) is 9.10. The molecule has 2 aromatic rings. The highest BCUT2D eigenvalue weighted by Gasteiger charge is 2.18. The second kappa shape index (κ2) is 8.75. The van der Waals surface area contributed by atoms with Crippen LogP contribution < -0.4 is 10.1 Å². The van der Waals surface area contributed by atoms with Crippen molar-refractivity contribution in [3.8, 4) is 0 Å². The highest BCUT2D eigenvalue weighted by atomic mass is 35.5. The second-order valence-electron chi connectivity index (χ2n) is 6.83. The van der Waals surface area contributed by atoms with Gasteiger partial charge < -0.3 is 0 Å². The van der Waals surface area contributed by atoms with Crippen molar-refractivity contribution in [2.45, 2.75) is 37.5 Å². The molecular formula is C20H22ClN3O3S. The number of hydrogen-bond acceptors (Lipinski definition) is 4. The largest absolute Gasteiger partial charge is 0.280 e. The molecule has 1 saturated carbocycles. The van der Waals surface area contributed by atoms with Crippen molar-refractivity contribution in [3.63, 3.8) is 0 Å². The number of hydrazone groups is 1. The third kappa shape index (κ3) is 5.11. The van der Waals surface area contributed by atoms with Crippen molar-refractivity contribution >= 4 is 38.9 Å². The molecule has 0 heterocycles. The number of amides is 1. The van der Waals surface area contributed by atoms with Crippen LogP contribution in [0.15, 0.2) is 58.5 Å². The van der Waals surface area contributed by atoms with Gasteiger partial charge in [0, 0.05) is 16.3 Å². The molecule has 28 heavy (non-hydrogen) atoms. The number of nitrogens with zero attached hydrogens (tertiary/aromatic N) is 1. The number of halogens is 1. The second-order valence-corrected chi connectivity index (χ2v) is 8.95. The molecule has 2 aromatic carbocycles. The Kier molecular flexibility index (Phi) is 6.36. The minimum atomic E-state index is -3.85. The summed E-state index contributed by atoms with van der Waals surface area (Å²) < 4.78 is 27.7. The van der Waals surface area contributed by atoms with Gasteiger partial charge in [0.2, 0.25) is 0 Å². The maximum Gasteiger partial charge on any atom is 0.271 e. The van der Waals surface area contributed by atoms with Crippen molar-refractivity contribution in [3.05, 3.63) is 59.1 Å². The fourth-order valence-corrected chi connectivity index (χ4v) is 4.38. The van der Waals surface area contributed by atoms with Gasteiger partial charge in [-0.3, -0.25) is 9.52 Å². The molecule has 2 N–H and O–H groups in total. The van der Waals surface area contributed by atoms with Crippen molar-refractivity contribution in [2.75, 3.05) is 4.72 Å². The maximum absolute atomic E-state index is 12.6. The first-order valence-corrected chi connectivity index (χ1v) is 11.0. The van der Waals surface area contributed by atoms with E-state index < -0.39 is 15.9 Å². The Hall–Kier alpha value is -2.38. The van der Waals surface area contributed by atoms with E-state index in [0.717, 1.165) is 25.0 Å². The first-order chi connectivity index (χ1) is 13.3. The number of carbonyl (C=O) groups is 1. The first kappa shape index (κ1) is 20.4. The summed E-state index contributed by atoms with van der Waals surface area (Å²) in [6.07, 6.45) is 4.19. The van der Waals surface area contributed by atoms with E-state index >= 15 is 0 Å². The van der Waals surface area contributed by atoms with Gasteiger partial charge in [0.25, 0.3) is 15.9 Å². The molecule has 1 amide bonds. The molecule has 148 valence electrons. The van der Waals surface area contributed by atoms with E-state index in [1.807, 2.05) is 0 Å². The van der Waals surface area contributed by atoms with Crippen molar-refractivity contribution in [1.29, 1.82) is 0 Å². The fourth-order valence-electron chi connectivity index (χ4n) is 3.09. The van der Waals surface area contributed by atoms with Gasteiger partial charge in [0.15, 0.2) is 0 Å². The lowest BCUT2D eigenvalue weighted by atomic mass is 9.89. The Balaban J connectivity index is 1.75. The number of benzene rings is 2. The molecule has 0 spiro atoms. The van der Waals surface area contributed by atoms with Crippen LogP contribution in [0, 0.1) is 5.92 Å². The Morgan fingerprint density at radius 2 is 1.93 bits per heavy atom.